The molecule has 3 aromatic heterocycles. The Balaban J connectivity index is 1.43. The first-order valence-corrected chi connectivity index (χ1v) is 8.35. The number of likely N-dealkylation sites (tertiary alicyclic amines) is 1. The SMILES string of the molecule is C[C@H]1C[C@@H](Oc2cnc3ccnn3c2)CN1Cc1scnc1F. The van der Waals surface area contributed by atoms with Gasteiger partial charge in [-0.25, -0.2) is 14.5 Å². The second kappa shape index (κ2) is 5.86. The molecule has 0 bridgehead atoms. The maximum Gasteiger partial charge on any atom is 0.228 e. The number of halogens is 1. The molecule has 4 rings (SSSR count). The highest BCUT2D eigenvalue weighted by Crippen LogP contribution is 2.25. The average molecular weight is 333 g/mol. The summed E-state index contributed by atoms with van der Waals surface area (Å²) in [7, 11) is 0. The van der Waals surface area contributed by atoms with Crippen molar-refractivity contribution in [2.75, 3.05) is 6.54 Å². The van der Waals surface area contributed by atoms with Crippen LogP contribution >= 0.6 is 11.3 Å². The van der Waals surface area contributed by atoms with Gasteiger partial charge in [0.05, 0.1) is 29.0 Å². The van der Waals surface area contributed by atoms with Gasteiger partial charge in [-0.15, -0.1) is 11.3 Å². The summed E-state index contributed by atoms with van der Waals surface area (Å²) < 4.78 is 21.2. The van der Waals surface area contributed by atoms with E-state index in [1.807, 2.05) is 12.3 Å². The number of fused-ring (bicyclic) bond motifs is 1. The standard InChI is InChI=1S/C15H16FN5OS/c1-10-4-11(6-20(10)8-13-15(16)18-9-23-13)22-12-5-17-14-2-3-19-21(14)7-12/h2-3,5,7,9-11H,4,6,8H2,1H3/t10-,11+/m0/s1. The Morgan fingerprint density at radius 2 is 2.35 bits per heavy atom. The third-order valence-electron chi connectivity index (χ3n) is 4.13. The Morgan fingerprint density at radius 1 is 1.43 bits per heavy atom. The van der Waals surface area contributed by atoms with E-state index in [1.165, 1.54) is 11.3 Å². The average Bonchev–Trinajstić information content (AvgIpc) is 3.22. The highest BCUT2D eigenvalue weighted by molar-refractivity contribution is 7.09. The van der Waals surface area contributed by atoms with Crippen molar-refractivity contribution >= 4 is 17.0 Å². The summed E-state index contributed by atoms with van der Waals surface area (Å²) in [4.78, 5) is 10.9. The summed E-state index contributed by atoms with van der Waals surface area (Å²) in [5, 5.41) is 4.16. The highest BCUT2D eigenvalue weighted by atomic mass is 32.1. The molecular formula is C15H16FN5OS. The number of hydrogen-bond acceptors (Lipinski definition) is 6. The quantitative estimate of drug-likeness (QED) is 0.734. The summed E-state index contributed by atoms with van der Waals surface area (Å²) in [5.41, 5.74) is 2.34. The van der Waals surface area contributed by atoms with E-state index in [-0.39, 0.29) is 12.1 Å². The predicted octanol–water partition coefficient (Wildman–Crippen LogP) is 2.37. The zero-order chi connectivity index (χ0) is 15.8. The minimum Gasteiger partial charge on any atom is -0.486 e. The van der Waals surface area contributed by atoms with Crippen LogP contribution in [0.4, 0.5) is 4.39 Å². The second-order valence-electron chi connectivity index (χ2n) is 5.74. The number of ether oxygens (including phenoxy) is 1. The first-order valence-electron chi connectivity index (χ1n) is 7.47. The van der Waals surface area contributed by atoms with Crippen molar-refractivity contribution in [1.82, 2.24) is 24.5 Å². The van der Waals surface area contributed by atoms with Crippen molar-refractivity contribution in [1.29, 1.82) is 0 Å². The Bertz CT molecular complexity index is 819. The molecule has 0 N–H and O–H groups in total. The Kier molecular flexibility index (Phi) is 3.70. The summed E-state index contributed by atoms with van der Waals surface area (Å²) >= 11 is 1.36. The van der Waals surface area contributed by atoms with Crippen LogP contribution in [-0.4, -0.2) is 43.2 Å². The third kappa shape index (κ3) is 2.91. The van der Waals surface area contributed by atoms with E-state index in [2.05, 4.69) is 26.9 Å². The molecule has 8 heteroatoms. The van der Waals surface area contributed by atoms with Crippen LogP contribution in [0.1, 0.15) is 18.2 Å². The van der Waals surface area contributed by atoms with Gasteiger partial charge in [-0.2, -0.15) is 9.49 Å². The van der Waals surface area contributed by atoms with Crippen molar-refractivity contribution in [2.45, 2.75) is 32.0 Å². The number of aromatic nitrogens is 4. The molecule has 0 radical (unpaired) electrons. The highest BCUT2D eigenvalue weighted by Gasteiger charge is 2.31. The van der Waals surface area contributed by atoms with E-state index in [0.717, 1.165) is 18.6 Å². The molecule has 2 atom stereocenters. The molecule has 6 nitrogen and oxygen atoms in total. The van der Waals surface area contributed by atoms with Crippen LogP contribution in [0.3, 0.4) is 0 Å². The number of rotatable bonds is 4. The van der Waals surface area contributed by atoms with E-state index < -0.39 is 0 Å². The van der Waals surface area contributed by atoms with Crippen LogP contribution in [0.5, 0.6) is 5.75 Å². The molecule has 0 saturated carbocycles. The first kappa shape index (κ1) is 14.5. The van der Waals surface area contributed by atoms with E-state index in [4.69, 9.17) is 4.74 Å². The van der Waals surface area contributed by atoms with Crippen molar-refractivity contribution in [3.8, 4) is 5.75 Å². The summed E-state index contributed by atoms with van der Waals surface area (Å²) in [5.74, 6) is 0.337. The maximum absolute atomic E-state index is 13.5. The van der Waals surface area contributed by atoms with E-state index >= 15 is 0 Å². The minimum atomic E-state index is -0.361. The van der Waals surface area contributed by atoms with Crippen molar-refractivity contribution in [3.63, 3.8) is 0 Å². The zero-order valence-corrected chi connectivity index (χ0v) is 13.4. The van der Waals surface area contributed by atoms with Crippen molar-refractivity contribution in [2.24, 2.45) is 0 Å². The summed E-state index contributed by atoms with van der Waals surface area (Å²) in [6.45, 7) is 3.47. The Morgan fingerprint density at radius 3 is 3.17 bits per heavy atom. The Labute approximate surface area is 136 Å². The van der Waals surface area contributed by atoms with Gasteiger partial charge in [0.1, 0.15) is 6.10 Å². The van der Waals surface area contributed by atoms with Gasteiger partial charge in [0, 0.05) is 31.6 Å². The molecule has 0 spiro atoms. The molecule has 0 amide bonds. The Hall–Kier alpha value is -2.06. The van der Waals surface area contributed by atoms with Crippen LogP contribution in [0.2, 0.25) is 0 Å². The monoisotopic (exact) mass is 333 g/mol. The molecular weight excluding hydrogens is 317 g/mol. The van der Waals surface area contributed by atoms with Crippen molar-refractivity contribution in [3.05, 3.63) is 41.0 Å². The van der Waals surface area contributed by atoms with Crippen LogP contribution in [0.25, 0.3) is 5.65 Å². The van der Waals surface area contributed by atoms with Gasteiger partial charge < -0.3 is 4.74 Å². The van der Waals surface area contributed by atoms with Gasteiger partial charge in [-0.1, -0.05) is 0 Å². The van der Waals surface area contributed by atoms with Gasteiger partial charge in [0.2, 0.25) is 5.95 Å². The lowest BCUT2D eigenvalue weighted by Crippen LogP contribution is -2.28. The lowest BCUT2D eigenvalue weighted by molar-refractivity contribution is 0.193. The summed E-state index contributed by atoms with van der Waals surface area (Å²) in [6.07, 6.45) is 6.22. The molecule has 1 fully saturated rings. The fourth-order valence-corrected chi connectivity index (χ4v) is 3.60. The van der Waals surface area contributed by atoms with E-state index in [1.54, 1.807) is 22.4 Å². The van der Waals surface area contributed by atoms with E-state index in [9.17, 15) is 4.39 Å². The molecule has 0 unspecified atom stereocenters. The molecule has 0 aliphatic carbocycles. The largest absolute Gasteiger partial charge is 0.486 e. The smallest absolute Gasteiger partial charge is 0.228 e. The first-order chi connectivity index (χ1) is 11.2. The molecule has 3 aromatic rings. The van der Waals surface area contributed by atoms with Gasteiger partial charge >= 0.3 is 0 Å². The fraction of sp³-hybridized carbons (Fsp3) is 0.400. The van der Waals surface area contributed by atoms with Gasteiger partial charge in [0.25, 0.3) is 0 Å². The lowest BCUT2D eigenvalue weighted by Gasteiger charge is -2.19. The van der Waals surface area contributed by atoms with Gasteiger partial charge in [0.15, 0.2) is 11.4 Å². The maximum atomic E-state index is 13.5. The van der Waals surface area contributed by atoms with Crippen LogP contribution < -0.4 is 4.74 Å². The van der Waals surface area contributed by atoms with Crippen LogP contribution in [0.15, 0.2) is 30.2 Å². The number of nitrogens with zero attached hydrogens (tertiary/aromatic N) is 5. The normalized spacial score (nSPS) is 22.0. The molecule has 23 heavy (non-hydrogen) atoms. The van der Waals surface area contributed by atoms with Crippen LogP contribution in [0, 0.1) is 5.95 Å². The minimum absolute atomic E-state index is 0.0656. The molecule has 1 aliphatic rings. The molecule has 1 saturated heterocycles. The second-order valence-corrected chi connectivity index (χ2v) is 6.68. The van der Waals surface area contributed by atoms with Gasteiger partial charge in [-0.05, 0) is 6.92 Å². The zero-order valence-electron chi connectivity index (χ0n) is 12.6. The van der Waals surface area contributed by atoms with Crippen molar-refractivity contribution < 1.29 is 9.13 Å². The topological polar surface area (TPSA) is 55.6 Å². The van der Waals surface area contributed by atoms with E-state index in [0.29, 0.717) is 23.2 Å². The molecule has 120 valence electrons. The predicted molar refractivity (Wildman–Crippen MR) is 84.0 cm³/mol. The third-order valence-corrected chi connectivity index (χ3v) is 4.92. The summed E-state index contributed by atoms with van der Waals surface area (Å²) in [6, 6.07) is 2.18. The van der Waals surface area contributed by atoms with Crippen LogP contribution in [-0.2, 0) is 6.54 Å². The van der Waals surface area contributed by atoms with Gasteiger partial charge in [-0.3, -0.25) is 4.90 Å². The molecule has 4 heterocycles. The number of hydrogen-bond donors (Lipinski definition) is 0. The number of thiazole rings is 1. The fourth-order valence-electron chi connectivity index (χ4n) is 2.94. The lowest BCUT2D eigenvalue weighted by atomic mass is 10.2. The molecule has 0 aromatic carbocycles. The molecule has 1 aliphatic heterocycles.